The molecule has 20 heavy (non-hydrogen) atoms. The average Bonchev–Trinajstić information content (AvgIpc) is 3.10. The van der Waals surface area contributed by atoms with Gasteiger partial charge in [0.05, 0.1) is 13.2 Å². The Balaban J connectivity index is 2.04. The van der Waals surface area contributed by atoms with Gasteiger partial charge in [0.1, 0.15) is 0 Å². The topological polar surface area (TPSA) is 59.7 Å². The lowest BCUT2D eigenvalue weighted by Crippen LogP contribution is -2.23. The first-order valence-electron chi connectivity index (χ1n) is 6.92. The molecular weight excluding hydrogens is 256 g/mol. The number of hydrogen-bond donors (Lipinski definition) is 0. The predicted molar refractivity (Wildman–Crippen MR) is 73.5 cm³/mol. The molecule has 0 radical (unpaired) electrons. The molecule has 2 aromatic rings. The van der Waals surface area contributed by atoms with E-state index in [2.05, 4.69) is 21.9 Å². The van der Waals surface area contributed by atoms with E-state index in [9.17, 15) is 4.79 Å². The highest BCUT2D eigenvalue weighted by Crippen LogP contribution is 2.29. The number of nitrogens with zero attached hydrogens (tertiary/aromatic N) is 4. The third kappa shape index (κ3) is 2.06. The number of likely N-dealkylation sites (tertiary alicyclic amines) is 1. The molecule has 1 fully saturated rings. The van der Waals surface area contributed by atoms with Crippen LogP contribution < -0.4 is 0 Å². The molecule has 1 aliphatic rings. The van der Waals surface area contributed by atoms with Gasteiger partial charge in [0.25, 0.3) is 0 Å². The van der Waals surface area contributed by atoms with Gasteiger partial charge < -0.3 is 4.74 Å². The fourth-order valence-corrected chi connectivity index (χ4v) is 2.82. The second-order valence-corrected chi connectivity index (χ2v) is 4.93. The third-order valence-electron chi connectivity index (χ3n) is 3.84. The maximum absolute atomic E-state index is 11.8. The number of ether oxygens (including phenoxy) is 1. The highest BCUT2D eigenvalue weighted by Gasteiger charge is 2.28. The average molecular weight is 274 g/mol. The Labute approximate surface area is 117 Å². The van der Waals surface area contributed by atoms with Crippen molar-refractivity contribution in [3.05, 3.63) is 29.7 Å². The van der Waals surface area contributed by atoms with Crippen molar-refractivity contribution in [2.45, 2.75) is 25.8 Å². The summed E-state index contributed by atoms with van der Waals surface area (Å²) < 4.78 is 6.36. The van der Waals surface area contributed by atoms with Crippen LogP contribution in [0.5, 0.6) is 0 Å². The Morgan fingerprint density at radius 1 is 1.50 bits per heavy atom. The van der Waals surface area contributed by atoms with Crippen LogP contribution in [-0.2, 0) is 4.74 Å². The van der Waals surface area contributed by atoms with Crippen LogP contribution >= 0.6 is 0 Å². The normalized spacial score (nSPS) is 19.6. The monoisotopic (exact) mass is 274 g/mol. The molecule has 2 aromatic heterocycles. The highest BCUT2D eigenvalue weighted by atomic mass is 16.5. The summed E-state index contributed by atoms with van der Waals surface area (Å²) >= 11 is 0. The Kier molecular flexibility index (Phi) is 3.40. The number of methoxy groups -OCH3 is 1. The number of hydrogen-bond acceptors (Lipinski definition) is 5. The molecule has 3 rings (SSSR count). The number of esters is 1. The molecule has 0 spiro atoms. The number of aromatic nitrogens is 3. The first kappa shape index (κ1) is 13.1. The number of carbonyl (C=O) groups is 1. The lowest BCUT2D eigenvalue weighted by atomic mass is 10.2. The molecule has 0 bridgehead atoms. The summed E-state index contributed by atoms with van der Waals surface area (Å²) in [4.78, 5) is 18.7. The maximum atomic E-state index is 11.8. The summed E-state index contributed by atoms with van der Waals surface area (Å²) in [6.07, 6.45) is 2.23. The molecule has 0 N–H and O–H groups in total. The molecule has 0 aromatic carbocycles. The van der Waals surface area contributed by atoms with Crippen LogP contribution in [0.15, 0.2) is 18.2 Å². The van der Waals surface area contributed by atoms with Gasteiger partial charge in [-0.15, -0.1) is 5.10 Å². The molecule has 6 nitrogen and oxygen atoms in total. The van der Waals surface area contributed by atoms with Gasteiger partial charge in [0.15, 0.2) is 17.2 Å². The van der Waals surface area contributed by atoms with E-state index >= 15 is 0 Å². The second kappa shape index (κ2) is 5.20. The quantitative estimate of drug-likeness (QED) is 0.797. The molecule has 1 aliphatic heterocycles. The van der Waals surface area contributed by atoms with Crippen LogP contribution in [0.4, 0.5) is 0 Å². The van der Waals surface area contributed by atoms with E-state index in [0.29, 0.717) is 11.3 Å². The largest absolute Gasteiger partial charge is 0.464 e. The van der Waals surface area contributed by atoms with Crippen molar-refractivity contribution in [1.29, 1.82) is 0 Å². The van der Waals surface area contributed by atoms with Crippen molar-refractivity contribution >= 4 is 11.6 Å². The smallest absolute Gasteiger partial charge is 0.356 e. The summed E-state index contributed by atoms with van der Waals surface area (Å²) in [5, 5.41) is 4.52. The summed E-state index contributed by atoms with van der Waals surface area (Å²) in [7, 11) is 1.37. The summed E-state index contributed by atoms with van der Waals surface area (Å²) in [6, 6.07) is 5.61. The van der Waals surface area contributed by atoms with E-state index in [0.717, 1.165) is 31.8 Å². The minimum atomic E-state index is -0.397. The molecule has 0 amide bonds. The van der Waals surface area contributed by atoms with Crippen LogP contribution in [0.1, 0.15) is 42.1 Å². The number of carbonyl (C=O) groups excluding carboxylic acids is 1. The van der Waals surface area contributed by atoms with Crippen molar-refractivity contribution in [2.75, 3.05) is 20.2 Å². The molecule has 0 saturated carbocycles. The number of rotatable bonds is 3. The van der Waals surface area contributed by atoms with Gasteiger partial charge in [-0.3, -0.25) is 4.90 Å². The van der Waals surface area contributed by atoms with Gasteiger partial charge in [-0.05, 0) is 38.1 Å². The Morgan fingerprint density at radius 2 is 2.35 bits per heavy atom. The van der Waals surface area contributed by atoms with E-state index in [-0.39, 0.29) is 6.04 Å². The van der Waals surface area contributed by atoms with Crippen LogP contribution in [0.25, 0.3) is 5.65 Å². The molecule has 106 valence electrons. The van der Waals surface area contributed by atoms with Crippen molar-refractivity contribution in [2.24, 2.45) is 0 Å². The Bertz CT molecular complexity index is 637. The van der Waals surface area contributed by atoms with Gasteiger partial charge in [-0.25, -0.2) is 14.3 Å². The molecule has 0 aliphatic carbocycles. The minimum Gasteiger partial charge on any atom is -0.464 e. The zero-order chi connectivity index (χ0) is 14.1. The molecule has 1 atom stereocenters. The molecule has 3 heterocycles. The lowest BCUT2D eigenvalue weighted by Gasteiger charge is -2.19. The van der Waals surface area contributed by atoms with Gasteiger partial charge in [-0.1, -0.05) is 13.0 Å². The fraction of sp³-hybridized carbons (Fsp3) is 0.500. The van der Waals surface area contributed by atoms with Gasteiger partial charge in [0.2, 0.25) is 0 Å². The molecule has 1 saturated heterocycles. The Morgan fingerprint density at radius 3 is 3.10 bits per heavy atom. The number of pyridine rings is 1. The predicted octanol–water partition coefficient (Wildman–Crippen LogP) is 1.67. The summed E-state index contributed by atoms with van der Waals surface area (Å²) in [6.45, 7) is 4.22. The van der Waals surface area contributed by atoms with Crippen molar-refractivity contribution in [3.63, 3.8) is 0 Å². The van der Waals surface area contributed by atoms with Gasteiger partial charge in [0, 0.05) is 0 Å². The van der Waals surface area contributed by atoms with Crippen LogP contribution in [0.2, 0.25) is 0 Å². The van der Waals surface area contributed by atoms with Gasteiger partial charge in [-0.2, -0.15) is 0 Å². The van der Waals surface area contributed by atoms with Crippen LogP contribution in [0, 0.1) is 0 Å². The lowest BCUT2D eigenvalue weighted by molar-refractivity contribution is 0.0590. The van der Waals surface area contributed by atoms with E-state index in [1.54, 1.807) is 16.6 Å². The summed E-state index contributed by atoms with van der Waals surface area (Å²) in [5.74, 6) is 0.395. The molecule has 1 unspecified atom stereocenters. The van der Waals surface area contributed by atoms with E-state index in [1.807, 2.05) is 6.07 Å². The second-order valence-electron chi connectivity index (χ2n) is 4.93. The van der Waals surface area contributed by atoms with Crippen molar-refractivity contribution in [3.8, 4) is 0 Å². The summed E-state index contributed by atoms with van der Waals surface area (Å²) in [5.41, 5.74) is 1.09. The van der Waals surface area contributed by atoms with E-state index in [4.69, 9.17) is 4.74 Å². The fourth-order valence-electron chi connectivity index (χ4n) is 2.82. The molecule has 6 heteroatoms. The third-order valence-corrected chi connectivity index (χ3v) is 3.84. The van der Waals surface area contributed by atoms with Crippen LogP contribution in [0.3, 0.4) is 0 Å². The Hall–Kier alpha value is -1.95. The first-order valence-corrected chi connectivity index (χ1v) is 6.92. The van der Waals surface area contributed by atoms with Crippen molar-refractivity contribution in [1.82, 2.24) is 19.5 Å². The number of fused-ring (bicyclic) bond motifs is 1. The maximum Gasteiger partial charge on any atom is 0.356 e. The minimum absolute atomic E-state index is 0.255. The molecular formula is C14H18N4O2. The zero-order valence-electron chi connectivity index (χ0n) is 11.7. The van der Waals surface area contributed by atoms with E-state index < -0.39 is 5.97 Å². The zero-order valence-corrected chi connectivity index (χ0v) is 11.7. The standard InChI is InChI=1S/C14H18N4O2/c1-3-17-9-5-7-10(17)13-15-12-8-4-6-11(14(19)20-2)18(12)16-13/h4,6,8,10H,3,5,7,9H2,1-2H3. The van der Waals surface area contributed by atoms with Gasteiger partial charge >= 0.3 is 5.97 Å². The SMILES string of the molecule is CCN1CCCC1c1nc2cccc(C(=O)OC)n2n1. The van der Waals surface area contributed by atoms with Crippen LogP contribution in [-0.4, -0.2) is 45.7 Å². The first-order chi connectivity index (χ1) is 9.74. The van der Waals surface area contributed by atoms with Crippen molar-refractivity contribution < 1.29 is 9.53 Å². The highest BCUT2D eigenvalue weighted by molar-refractivity contribution is 5.88. The van der Waals surface area contributed by atoms with E-state index in [1.165, 1.54) is 7.11 Å².